The number of anilines is 2. The molecule has 0 spiro atoms. The topological polar surface area (TPSA) is 95.1 Å². The minimum absolute atomic E-state index is 0.155. The number of fused-ring (bicyclic) bond motifs is 1. The second-order valence-corrected chi connectivity index (χ2v) is 6.67. The number of pyridine rings is 1. The lowest BCUT2D eigenvalue weighted by molar-refractivity contribution is 0.0995. The number of hydrogen-bond acceptors (Lipinski definition) is 5. The third kappa shape index (κ3) is 3.89. The number of aromatic nitrogens is 3. The van der Waals surface area contributed by atoms with Gasteiger partial charge >= 0.3 is 0 Å². The normalized spacial score (nSPS) is 10.8. The average molecular weight is 387 g/mol. The van der Waals surface area contributed by atoms with Crippen molar-refractivity contribution in [3.8, 4) is 11.5 Å². The second-order valence-electron chi connectivity index (χ2n) is 6.67. The Morgan fingerprint density at radius 3 is 2.76 bits per heavy atom. The molecular formula is C22H21N5O2. The van der Waals surface area contributed by atoms with Crippen LogP contribution in [0.4, 0.5) is 11.6 Å². The molecule has 0 saturated carbocycles. The molecule has 146 valence electrons. The summed E-state index contributed by atoms with van der Waals surface area (Å²) in [6, 6.07) is 17.1. The third-order valence-electron chi connectivity index (χ3n) is 4.66. The molecule has 0 radical (unpaired) electrons. The number of amides is 1. The van der Waals surface area contributed by atoms with Gasteiger partial charge in [0, 0.05) is 31.1 Å². The highest BCUT2D eigenvalue weighted by molar-refractivity contribution is 5.91. The number of nitrogens with one attached hydrogen (secondary N) is 1. The van der Waals surface area contributed by atoms with E-state index in [0.29, 0.717) is 11.5 Å². The van der Waals surface area contributed by atoms with Gasteiger partial charge in [-0.05, 0) is 42.3 Å². The van der Waals surface area contributed by atoms with Gasteiger partial charge < -0.3 is 20.4 Å². The first-order valence-corrected chi connectivity index (χ1v) is 9.29. The van der Waals surface area contributed by atoms with Gasteiger partial charge in [-0.15, -0.1) is 0 Å². The van der Waals surface area contributed by atoms with Crippen molar-refractivity contribution in [3.63, 3.8) is 0 Å². The van der Waals surface area contributed by atoms with Crippen LogP contribution in [0.25, 0.3) is 11.0 Å². The van der Waals surface area contributed by atoms with Crippen LogP contribution in [0.2, 0.25) is 0 Å². The van der Waals surface area contributed by atoms with Crippen molar-refractivity contribution >= 4 is 28.6 Å². The van der Waals surface area contributed by atoms with Crippen LogP contribution in [-0.2, 0) is 13.5 Å². The fraction of sp³-hybridized carbons (Fsp3) is 0.136. The molecule has 0 aliphatic carbocycles. The van der Waals surface area contributed by atoms with Gasteiger partial charge in [0.1, 0.15) is 17.2 Å². The van der Waals surface area contributed by atoms with E-state index < -0.39 is 5.91 Å². The minimum atomic E-state index is -0.599. The minimum Gasteiger partial charge on any atom is -0.457 e. The molecule has 0 aliphatic heterocycles. The number of nitrogens with two attached hydrogens (primary N) is 1. The molecule has 0 fully saturated rings. The van der Waals surface area contributed by atoms with E-state index in [1.165, 1.54) is 17.8 Å². The Hall–Kier alpha value is -3.87. The molecule has 29 heavy (non-hydrogen) atoms. The number of carbonyl (C=O) groups is 1. The second kappa shape index (κ2) is 7.63. The van der Waals surface area contributed by atoms with E-state index >= 15 is 0 Å². The van der Waals surface area contributed by atoms with Gasteiger partial charge in [-0.1, -0.05) is 19.1 Å². The van der Waals surface area contributed by atoms with E-state index in [1.54, 1.807) is 6.07 Å². The van der Waals surface area contributed by atoms with Gasteiger partial charge in [-0.3, -0.25) is 9.78 Å². The van der Waals surface area contributed by atoms with Crippen molar-refractivity contribution in [3.05, 3.63) is 72.1 Å². The van der Waals surface area contributed by atoms with E-state index in [4.69, 9.17) is 15.5 Å². The monoisotopic (exact) mass is 387 g/mol. The van der Waals surface area contributed by atoms with Crippen LogP contribution >= 0.6 is 0 Å². The first-order valence-electron chi connectivity index (χ1n) is 9.29. The van der Waals surface area contributed by atoms with Crippen LogP contribution in [0.3, 0.4) is 0 Å². The van der Waals surface area contributed by atoms with Crippen molar-refractivity contribution in [1.29, 1.82) is 0 Å². The molecule has 0 unspecified atom stereocenters. The molecular weight excluding hydrogens is 366 g/mol. The predicted octanol–water partition coefficient (Wildman–Crippen LogP) is 4.17. The quantitative estimate of drug-likeness (QED) is 0.518. The first kappa shape index (κ1) is 18.5. The number of ether oxygens (including phenoxy) is 1. The van der Waals surface area contributed by atoms with E-state index in [-0.39, 0.29) is 5.69 Å². The molecule has 2 aromatic heterocycles. The Morgan fingerprint density at radius 1 is 1.14 bits per heavy atom. The maximum absolute atomic E-state index is 11.3. The van der Waals surface area contributed by atoms with E-state index in [0.717, 1.165) is 29.1 Å². The number of aryl methyl sites for hydroxylation is 2. The Kier molecular flexibility index (Phi) is 4.87. The summed E-state index contributed by atoms with van der Waals surface area (Å²) in [5, 5.41) is 3.38. The molecule has 4 aromatic rings. The Bertz CT molecular complexity index is 1200. The summed E-state index contributed by atoms with van der Waals surface area (Å²) in [4.78, 5) is 19.9. The van der Waals surface area contributed by atoms with Gasteiger partial charge in [0.2, 0.25) is 5.95 Å². The number of hydrogen-bond donors (Lipinski definition) is 2. The van der Waals surface area contributed by atoms with E-state index in [2.05, 4.69) is 29.4 Å². The standard InChI is InChI=1S/C22H21N5O2/c1-3-14-5-4-6-15(11-14)25-22-26-18-12-16(7-8-20(18)27(22)2)29-17-9-10-24-19(13-17)21(23)28/h4-13H,3H2,1-2H3,(H2,23,28)(H,25,26). The first-order chi connectivity index (χ1) is 14.0. The number of nitrogens with zero attached hydrogens (tertiary/aromatic N) is 3. The van der Waals surface area contributed by atoms with Crippen LogP contribution in [-0.4, -0.2) is 20.4 Å². The number of imidazole rings is 1. The predicted molar refractivity (Wildman–Crippen MR) is 113 cm³/mol. The Morgan fingerprint density at radius 2 is 1.97 bits per heavy atom. The van der Waals surface area contributed by atoms with Crippen molar-refractivity contribution in [2.24, 2.45) is 12.8 Å². The number of carbonyl (C=O) groups excluding carboxylic acids is 1. The molecule has 1 amide bonds. The summed E-state index contributed by atoms with van der Waals surface area (Å²) in [6.45, 7) is 2.13. The Balaban J connectivity index is 1.61. The molecule has 7 nitrogen and oxygen atoms in total. The van der Waals surface area contributed by atoms with Crippen LogP contribution in [0.15, 0.2) is 60.8 Å². The van der Waals surface area contributed by atoms with Crippen LogP contribution < -0.4 is 15.8 Å². The van der Waals surface area contributed by atoms with Crippen molar-refractivity contribution in [1.82, 2.24) is 14.5 Å². The lowest BCUT2D eigenvalue weighted by Crippen LogP contribution is -2.12. The zero-order chi connectivity index (χ0) is 20.4. The van der Waals surface area contributed by atoms with Crippen molar-refractivity contribution < 1.29 is 9.53 Å². The number of primary amides is 1. The van der Waals surface area contributed by atoms with E-state index in [9.17, 15) is 4.79 Å². The van der Waals surface area contributed by atoms with Crippen LogP contribution in [0.1, 0.15) is 23.0 Å². The molecule has 2 aromatic carbocycles. The van der Waals surface area contributed by atoms with Crippen molar-refractivity contribution in [2.75, 3.05) is 5.32 Å². The number of benzene rings is 2. The van der Waals surface area contributed by atoms with Gasteiger partial charge in [0.05, 0.1) is 11.0 Å². The lowest BCUT2D eigenvalue weighted by Gasteiger charge is -2.07. The highest BCUT2D eigenvalue weighted by Gasteiger charge is 2.11. The molecule has 2 heterocycles. The van der Waals surface area contributed by atoms with Gasteiger partial charge in [0.25, 0.3) is 5.91 Å². The summed E-state index contributed by atoms with van der Waals surface area (Å²) in [7, 11) is 1.96. The smallest absolute Gasteiger partial charge is 0.267 e. The SMILES string of the molecule is CCc1cccc(Nc2nc3cc(Oc4ccnc(C(N)=O)c4)ccc3n2C)c1. The average Bonchev–Trinajstić information content (AvgIpc) is 3.03. The zero-order valence-corrected chi connectivity index (χ0v) is 16.2. The van der Waals surface area contributed by atoms with Gasteiger partial charge in [-0.2, -0.15) is 0 Å². The molecule has 4 rings (SSSR count). The summed E-state index contributed by atoms with van der Waals surface area (Å²) in [5.41, 5.74) is 9.45. The lowest BCUT2D eigenvalue weighted by atomic mass is 10.1. The van der Waals surface area contributed by atoms with Crippen LogP contribution in [0, 0.1) is 0 Å². The summed E-state index contributed by atoms with van der Waals surface area (Å²) in [6.07, 6.45) is 2.46. The maximum Gasteiger partial charge on any atom is 0.267 e. The molecule has 0 saturated heterocycles. The third-order valence-corrected chi connectivity index (χ3v) is 4.66. The van der Waals surface area contributed by atoms with E-state index in [1.807, 2.05) is 41.9 Å². The van der Waals surface area contributed by atoms with Gasteiger partial charge in [-0.25, -0.2) is 4.98 Å². The van der Waals surface area contributed by atoms with Gasteiger partial charge in [0.15, 0.2) is 0 Å². The maximum atomic E-state index is 11.3. The largest absolute Gasteiger partial charge is 0.457 e. The molecule has 0 aliphatic rings. The highest BCUT2D eigenvalue weighted by Crippen LogP contribution is 2.28. The zero-order valence-electron chi connectivity index (χ0n) is 16.2. The van der Waals surface area contributed by atoms with Crippen LogP contribution in [0.5, 0.6) is 11.5 Å². The number of rotatable bonds is 6. The fourth-order valence-electron chi connectivity index (χ4n) is 3.10. The molecule has 0 atom stereocenters. The molecule has 0 bridgehead atoms. The fourth-order valence-corrected chi connectivity index (χ4v) is 3.10. The molecule has 7 heteroatoms. The van der Waals surface area contributed by atoms with Crippen molar-refractivity contribution in [2.45, 2.75) is 13.3 Å². The summed E-state index contributed by atoms with van der Waals surface area (Å²) < 4.78 is 7.85. The summed E-state index contributed by atoms with van der Waals surface area (Å²) in [5.74, 6) is 1.24. The Labute approximate surface area is 168 Å². The highest BCUT2D eigenvalue weighted by atomic mass is 16.5. The molecule has 3 N–H and O–H groups in total. The summed E-state index contributed by atoms with van der Waals surface area (Å²) >= 11 is 0.